The largest absolute Gasteiger partial charge is 0.420 e. The molecule has 0 amide bonds. The topological polar surface area (TPSA) is 68.8 Å². The molecule has 2 aromatic carbocycles. The summed E-state index contributed by atoms with van der Waals surface area (Å²) in [6.45, 7) is 10.8. The number of aromatic nitrogens is 4. The van der Waals surface area contributed by atoms with Crippen LogP contribution in [0.5, 0.6) is 0 Å². The molecule has 1 aliphatic rings. The fraction of sp³-hybridized carbons (Fsp3) is 0.370. The average Bonchev–Trinajstić information content (AvgIpc) is 3.47. The standard InChI is InChI=1S/C27H31N5O/c1-6-27(5,20-14-12-18(2)13-15-20)25-31-30-24(33-25)21-17-28-32-23(21)29-22(16-26(32,3)4)19-10-8-7-9-11-19/h7-15,17,22,29H,6,16H2,1-5H3. The summed E-state index contributed by atoms with van der Waals surface area (Å²) in [5.41, 5.74) is 3.99. The van der Waals surface area contributed by atoms with Crippen molar-refractivity contribution in [2.75, 3.05) is 5.32 Å². The molecule has 2 aromatic heterocycles. The Balaban J connectivity index is 1.53. The molecule has 5 rings (SSSR count). The molecule has 0 fully saturated rings. The van der Waals surface area contributed by atoms with E-state index in [0.717, 1.165) is 24.2 Å². The Kier molecular flexibility index (Phi) is 5.11. The maximum atomic E-state index is 6.33. The second-order valence-corrected chi connectivity index (χ2v) is 9.91. The molecule has 6 heteroatoms. The molecule has 0 bridgehead atoms. The molecule has 0 spiro atoms. The molecule has 3 heterocycles. The van der Waals surface area contributed by atoms with E-state index in [9.17, 15) is 0 Å². The number of rotatable bonds is 5. The van der Waals surface area contributed by atoms with Gasteiger partial charge in [-0.25, -0.2) is 4.68 Å². The summed E-state index contributed by atoms with van der Waals surface area (Å²) in [5.74, 6) is 2.04. The van der Waals surface area contributed by atoms with Crippen molar-refractivity contribution in [2.45, 2.75) is 64.5 Å². The third-order valence-corrected chi connectivity index (χ3v) is 7.08. The highest BCUT2D eigenvalue weighted by Crippen LogP contribution is 2.43. The molecule has 6 nitrogen and oxygen atoms in total. The Morgan fingerprint density at radius 3 is 2.52 bits per heavy atom. The van der Waals surface area contributed by atoms with Crippen molar-refractivity contribution >= 4 is 5.82 Å². The first-order valence-corrected chi connectivity index (χ1v) is 11.6. The van der Waals surface area contributed by atoms with E-state index in [2.05, 4.69) is 98.7 Å². The lowest BCUT2D eigenvalue weighted by molar-refractivity contribution is 0.263. The van der Waals surface area contributed by atoms with E-state index in [-0.39, 0.29) is 17.0 Å². The van der Waals surface area contributed by atoms with E-state index in [0.29, 0.717) is 11.8 Å². The van der Waals surface area contributed by atoms with Crippen LogP contribution in [-0.4, -0.2) is 20.0 Å². The number of anilines is 1. The van der Waals surface area contributed by atoms with E-state index < -0.39 is 0 Å². The summed E-state index contributed by atoms with van der Waals surface area (Å²) >= 11 is 0. The summed E-state index contributed by atoms with van der Waals surface area (Å²) in [5, 5.41) is 17.3. The highest BCUT2D eigenvalue weighted by molar-refractivity contribution is 5.70. The molecule has 0 saturated carbocycles. The van der Waals surface area contributed by atoms with Gasteiger partial charge in [-0.3, -0.25) is 0 Å². The maximum absolute atomic E-state index is 6.33. The third kappa shape index (κ3) is 3.63. The molecule has 0 radical (unpaired) electrons. The SMILES string of the molecule is CCC(C)(c1ccc(C)cc1)c1nnc(-c2cnn3c2NC(c2ccccc2)CC3(C)C)o1. The Morgan fingerprint density at radius 2 is 1.82 bits per heavy atom. The normalized spacial score (nSPS) is 18.9. The van der Waals surface area contributed by atoms with Crippen LogP contribution >= 0.6 is 0 Å². The van der Waals surface area contributed by atoms with Crippen LogP contribution in [0.2, 0.25) is 0 Å². The number of benzene rings is 2. The van der Waals surface area contributed by atoms with Gasteiger partial charge in [0.15, 0.2) is 0 Å². The molecule has 1 aliphatic heterocycles. The van der Waals surface area contributed by atoms with E-state index >= 15 is 0 Å². The predicted octanol–water partition coefficient (Wildman–Crippen LogP) is 6.25. The van der Waals surface area contributed by atoms with Crippen LogP contribution < -0.4 is 5.32 Å². The zero-order valence-electron chi connectivity index (χ0n) is 20.0. The van der Waals surface area contributed by atoms with Gasteiger partial charge in [-0.15, -0.1) is 10.2 Å². The molecule has 2 unspecified atom stereocenters. The lowest BCUT2D eigenvalue weighted by Crippen LogP contribution is -2.37. The number of aryl methyl sites for hydroxylation is 1. The van der Waals surface area contributed by atoms with Gasteiger partial charge in [-0.2, -0.15) is 5.10 Å². The van der Waals surface area contributed by atoms with Crippen molar-refractivity contribution in [3.05, 3.63) is 83.4 Å². The van der Waals surface area contributed by atoms with E-state index in [4.69, 9.17) is 9.52 Å². The molecule has 4 aromatic rings. The molecule has 0 saturated heterocycles. The van der Waals surface area contributed by atoms with Crippen LogP contribution in [0, 0.1) is 6.92 Å². The molecule has 170 valence electrons. The highest BCUT2D eigenvalue weighted by Gasteiger charge is 2.38. The zero-order valence-corrected chi connectivity index (χ0v) is 20.0. The van der Waals surface area contributed by atoms with Crippen molar-refractivity contribution in [3.63, 3.8) is 0 Å². The smallest absolute Gasteiger partial charge is 0.253 e. The maximum Gasteiger partial charge on any atom is 0.253 e. The molecular formula is C27H31N5O. The Hall–Kier alpha value is -3.41. The van der Waals surface area contributed by atoms with Crippen LogP contribution in [0.3, 0.4) is 0 Å². The first-order chi connectivity index (χ1) is 15.8. The molecule has 33 heavy (non-hydrogen) atoms. The number of fused-ring (bicyclic) bond motifs is 1. The van der Waals surface area contributed by atoms with Crippen molar-refractivity contribution in [1.29, 1.82) is 0 Å². The minimum atomic E-state index is -0.356. The van der Waals surface area contributed by atoms with Gasteiger partial charge < -0.3 is 9.73 Å². The Morgan fingerprint density at radius 1 is 1.09 bits per heavy atom. The molecule has 0 aliphatic carbocycles. The van der Waals surface area contributed by atoms with Crippen LogP contribution in [-0.2, 0) is 11.0 Å². The Bertz CT molecular complexity index is 1260. The number of nitrogens with one attached hydrogen (secondary N) is 1. The average molecular weight is 442 g/mol. The highest BCUT2D eigenvalue weighted by atomic mass is 16.4. The van der Waals surface area contributed by atoms with Gasteiger partial charge in [0.05, 0.1) is 23.2 Å². The molecular weight excluding hydrogens is 410 g/mol. The second-order valence-electron chi connectivity index (χ2n) is 9.91. The van der Waals surface area contributed by atoms with Crippen LogP contribution in [0.25, 0.3) is 11.5 Å². The van der Waals surface area contributed by atoms with Gasteiger partial charge in [-0.05, 0) is 51.7 Å². The minimum absolute atomic E-state index is 0.151. The van der Waals surface area contributed by atoms with Crippen LogP contribution in [0.1, 0.15) is 69.2 Å². The van der Waals surface area contributed by atoms with Gasteiger partial charge in [0.25, 0.3) is 5.89 Å². The van der Waals surface area contributed by atoms with Gasteiger partial charge in [0.1, 0.15) is 11.4 Å². The summed E-state index contributed by atoms with van der Waals surface area (Å²) in [4.78, 5) is 0. The van der Waals surface area contributed by atoms with Crippen LogP contribution in [0.4, 0.5) is 5.82 Å². The van der Waals surface area contributed by atoms with Gasteiger partial charge >= 0.3 is 0 Å². The third-order valence-electron chi connectivity index (χ3n) is 7.08. The summed E-state index contributed by atoms with van der Waals surface area (Å²) in [6, 6.07) is 19.3. The van der Waals surface area contributed by atoms with Crippen molar-refractivity contribution < 1.29 is 4.42 Å². The number of hydrogen-bond acceptors (Lipinski definition) is 5. The van der Waals surface area contributed by atoms with E-state index in [1.54, 1.807) is 0 Å². The van der Waals surface area contributed by atoms with Crippen molar-refractivity contribution in [1.82, 2.24) is 20.0 Å². The fourth-order valence-electron chi connectivity index (χ4n) is 4.75. The van der Waals surface area contributed by atoms with Crippen molar-refractivity contribution in [2.24, 2.45) is 0 Å². The molecule has 1 N–H and O–H groups in total. The molecule has 2 atom stereocenters. The number of nitrogens with zero attached hydrogens (tertiary/aromatic N) is 4. The first-order valence-electron chi connectivity index (χ1n) is 11.6. The van der Waals surface area contributed by atoms with E-state index in [1.807, 2.05) is 16.9 Å². The summed E-state index contributed by atoms with van der Waals surface area (Å²) in [6.07, 6.45) is 3.62. The van der Waals surface area contributed by atoms with Gasteiger partial charge in [0.2, 0.25) is 5.89 Å². The van der Waals surface area contributed by atoms with Gasteiger partial charge in [0, 0.05) is 0 Å². The second kappa shape index (κ2) is 7.87. The monoisotopic (exact) mass is 441 g/mol. The quantitative estimate of drug-likeness (QED) is 0.396. The lowest BCUT2D eigenvalue weighted by Gasteiger charge is -2.38. The van der Waals surface area contributed by atoms with Crippen LogP contribution in [0.15, 0.2) is 65.2 Å². The minimum Gasteiger partial charge on any atom is -0.420 e. The summed E-state index contributed by atoms with van der Waals surface area (Å²) < 4.78 is 8.37. The van der Waals surface area contributed by atoms with Gasteiger partial charge in [-0.1, -0.05) is 67.1 Å². The fourth-order valence-corrected chi connectivity index (χ4v) is 4.75. The Labute approximate surface area is 195 Å². The number of hydrogen-bond donors (Lipinski definition) is 1. The predicted molar refractivity (Wildman–Crippen MR) is 130 cm³/mol. The zero-order chi connectivity index (χ0) is 23.2. The van der Waals surface area contributed by atoms with Crippen molar-refractivity contribution in [3.8, 4) is 11.5 Å². The lowest BCUT2D eigenvalue weighted by atomic mass is 9.80. The first kappa shape index (κ1) is 21.4. The summed E-state index contributed by atoms with van der Waals surface area (Å²) in [7, 11) is 0. The van der Waals surface area contributed by atoms with E-state index in [1.165, 1.54) is 16.7 Å².